The number of halogens is 1. The number of nitrogens with two attached hydrogens (primary N) is 2. The SMILES string of the molecule is Cl.N[C@@H]1CN(C(=O)c2ccc(S(N)(=O)=O)o2)C[C@H]1c1ccccc1. The second-order valence-corrected chi connectivity index (χ2v) is 7.05. The maximum absolute atomic E-state index is 12.5. The summed E-state index contributed by atoms with van der Waals surface area (Å²) in [6, 6.07) is 12.0. The van der Waals surface area contributed by atoms with E-state index in [2.05, 4.69) is 0 Å². The number of benzene rings is 1. The lowest BCUT2D eigenvalue weighted by Gasteiger charge is -2.15. The molecule has 1 saturated heterocycles. The van der Waals surface area contributed by atoms with Gasteiger partial charge in [0.2, 0.25) is 5.09 Å². The van der Waals surface area contributed by atoms with Crippen molar-refractivity contribution in [1.29, 1.82) is 0 Å². The molecule has 1 aliphatic rings. The van der Waals surface area contributed by atoms with Crippen molar-refractivity contribution < 1.29 is 17.6 Å². The number of furan rings is 1. The highest BCUT2D eigenvalue weighted by Gasteiger charge is 2.35. The van der Waals surface area contributed by atoms with Gasteiger partial charge in [0.25, 0.3) is 15.9 Å². The monoisotopic (exact) mass is 371 g/mol. The normalized spacial score (nSPS) is 20.7. The van der Waals surface area contributed by atoms with E-state index in [0.717, 1.165) is 5.56 Å². The molecule has 0 aliphatic carbocycles. The zero-order valence-electron chi connectivity index (χ0n) is 12.7. The molecule has 0 saturated carbocycles. The number of carbonyl (C=O) groups is 1. The van der Waals surface area contributed by atoms with Crippen LogP contribution in [0.3, 0.4) is 0 Å². The predicted molar refractivity (Wildman–Crippen MR) is 90.4 cm³/mol. The molecule has 2 heterocycles. The van der Waals surface area contributed by atoms with Gasteiger partial charge in [-0.25, -0.2) is 13.6 Å². The van der Waals surface area contributed by atoms with Crippen molar-refractivity contribution in [3.05, 3.63) is 53.8 Å². The summed E-state index contributed by atoms with van der Waals surface area (Å²) in [5.41, 5.74) is 7.22. The third kappa shape index (κ3) is 3.62. The van der Waals surface area contributed by atoms with Crippen LogP contribution in [0.25, 0.3) is 0 Å². The third-order valence-corrected chi connectivity index (χ3v) is 4.73. The fraction of sp³-hybridized carbons (Fsp3) is 0.267. The smallest absolute Gasteiger partial charge is 0.289 e. The predicted octanol–water partition coefficient (Wildman–Crippen LogP) is 0.916. The Labute approximate surface area is 146 Å². The van der Waals surface area contributed by atoms with Gasteiger partial charge in [-0.1, -0.05) is 30.3 Å². The number of hydrogen-bond donors (Lipinski definition) is 2. The molecule has 9 heteroatoms. The molecule has 4 N–H and O–H groups in total. The lowest BCUT2D eigenvalue weighted by Crippen LogP contribution is -2.32. The number of nitrogens with zero attached hydrogens (tertiary/aromatic N) is 1. The minimum Gasteiger partial charge on any atom is -0.438 e. The van der Waals surface area contributed by atoms with E-state index in [-0.39, 0.29) is 30.1 Å². The van der Waals surface area contributed by atoms with E-state index in [1.165, 1.54) is 12.1 Å². The molecular weight excluding hydrogens is 354 g/mol. The third-order valence-electron chi connectivity index (χ3n) is 3.95. The molecule has 24 heavy (non-hydrogen) atoms. The maximum atomic E-state index is 12.5. The largest absolute Gasteiger partial charge is 0.438 e. The molecule has 2 atom stereocenters. The number of primary sulfonamides is 1. The van der Waals surface area contributed by atoms with Gasteiger partial charge in [-0.2, -0.15) is 0 Å². The molecule has 130 valence electrons. The van der Waals surface area contributed by atoms with Crippen molar-refractivity contribution in [2.45, 2.75) is 17.1 Å². The van der Waals surface area contributed by atoms with E-state index >= 15 is 0 Å². The standard InChI is InChI=1S/C15H17N3O4S.ClH/c16-12-9-18(8-11(12)10-4-2-1-3-5-10)15(19)13-6-7-14(22-13)23(17,20)21;/h1-7,11-12H,8-9,16H2,(H2,17,20,21);1H/t11-,12+;/m0./s1. The van der Waals surface area contributed by atoms with Crippen LogP contribution in [0, 0.1) is 0 Å². The van der Waals surface area contributed by atoms with Crippen molar-refractivity contribution in [1.82, 2.24) is 4.90 Å². The van der Waals surface area contributed by atoms with Crippen molar-refractivity contribution in [3.63, 3.8) is 0 Å². The van der Waals surface area contributed by atoms with E-state index in [1.807, 2.05) is 30.3 Å². The van der Waals surface area contributed by atoms with E-state index < -0.39 is 21.0 Å². The molecule has 7 nitrogen and oxygen atoms in total. The molecule has 0 radical (unpaired) electrons. The van der Waals surface area contributed by atoms with Gasteiger partial charge in [0, 0.05) is 25.0 Å². The van der Waals surface area contributed by atoms with Crippen LogP contribution in [0.5, 0.6) is 0 Å². The summed E-state index contributed by atoms with van der Waals surface area (Å²) in [6.07, 6.45) is 0. The quantitative estimate of drug-likeness (QED) is 0.831. The Kier molecular flexibility index (Phi) is 5.34. The second kappa shape index (κ2) is 6.94. The molecular formula is C15H18ClN3O4S. The van der Waals surface area contributed by atoms with Gasteiger partial charge in [-0.05, 0) is 17.7 Å². The van der Waals surface area contributed by atoms with Crippen molar-refractivity contribution >= 4 is 28.3 Å². The summed E-state index contributed by atoms with van der Waals surface area (Å²) in [7, 11) is -3.97. The molecule has 1 aromatic heterocycles. The minimum absolute atomic E-state index is 0. The Balaban J connectivity index is 0.00000208. The number of amides is 1. The summed E-state index contributed by atoms with van der Waals surface area (Å²) in [5, 5.41) is 4.55. The van der Waals surface area contributed by atoms with Gasteiger partial charge in [0.15, 0.2) is 5.76 Å². The van der Waals surface area contributed by atoms with Crippen LogP contribution in [-0.4, -0.2) is 38.4 Å². The highest BCUT2D eigenvalue weighted by molar-refractivity contribution is 7.89. The Morgan fingerprint density at radius 3 is 2.38 bits per heavy atom. The van der Waals surface area contributed by atoms with E-state index in [0.29, 0.717) is 13.1 Å². The fourth-order valence-corrected chi connectivity index (χ4v) is 3.26. The first-order chi connectivity index (χ1) is 10.9. The maximum Gasteiger partial charge on any atom is 0.289 e. The van der Waals surface area contributed by atoms with E-state index in [9.17, 15) is 13.2 Å². The van der Waals surface area contributed by atoms with Crippen molar-refractivity contribution in [3.8, 4) is 0 Å². The van der Waals surface area contributed by atoms with Crippen LogP contribution in [0.15, 0.2) is 52.0 Å². The van der Waals surface area contributed by atoms with Gasteiger partial charge < -0.3 is 15.1 Å². The summed E-state index contributed by atoms with van der Waals surface area (Å²) < 4.78 is 27.5. The zero-order valence-corrected chi connectivity index (χ0v) is 14.3. The molecule has 1 aliphatic heterocycles. The first kappa shape index (κ1) is 18.5. The average molecular weight is 372 g/mol. The summed E-state index contributed by atoms with van der Waals surface area (Å²) in [5.74, 6) is -0.420. The van der Waals surface area contributed by atoms with Gasteiger partial charge in [-0.3, -0.25) is 4.79 Å². The highest BCUT2D eigenvalue weighted by atomic mass is 35.5. The number of sulfonamides is 1. The van der Waals surface area contributed by atoms with Crippen LogP contribution < -0.4 is 10.9 Å². The van der Waals surface area contributed by atoms with Gasteiger partial charge in [-0.15, -0.1) is 12.4 Å². The number of rotatable bonds is 3. The zero-order chi connectivity index (χ0) is 16.6. The van der Waals surface area contributed by atoms with Crippen LogP contribution in [0.1, 0.15) is 22.0 Å². The van der Waals surface area contributed by atoms with Crippen LogP contribution in [-0.2, 0) is 10.0 Å². The second-order valence-electron chi connectivity index (χ2n) is 5.55. The summed E-state index contributed by atoms with van der Waals surface area (Å²) in [6.45, 7) is 0.833. The summed E-state index contributed by atoms with van der Waals surface area (Å²) in [4.78, 5) is 14.0. The first-order valence-corrected chi connectivity index (χ1v) is 8.63. The minimum atomic E-state index is -3.97. The van der Waals surface area contributed by atoms with Crippen LogP contribution in [0.4, 0.5) is 0 Å². The van der Waals surface area contributed by atoms with Gasteiger partial charge >= 0.3 is 0 Å². The molecule has 3 rings (SSSR count). The van der Waals surface area contributed by atoms with Crippen molar-refractivity contribution in [2.24, 2.45) is 10.9 Å². The number of carbonyl (C=O) groups excluding carboxylic acids is 1. The Hall–Kier alpha value is -1.87. The molecule has 2 aromatic rings. The lowest BCUT2D eigenvalue weighted by atomic mass is 9.95. The highest BCUT2D eigenvalue weighted by Crippen LogP contribution is 2.27. The number of hydrogen-bond acceptors (Lipinski definition) is 5. The average Bonchev–Trinajstić information content (AvgIpc) is 3.14. The molecule has 0 unspecified atom stereocenters. The molecule has 1 amide bonds. The summed E-state index contributed by atoms with van der Waals surface area (Å²) >= 11 is 0. The van der Waals surface area contributed by atoms with Crippen LogP contribution >= 0.6 is 12.4 Å². The van der Waals surface area contributed by atoms with E-state index in [4.69, 9.17) is 15.3 Å². The lowest BCUT2D eigenvalue weighted by molar-refractivity contribution is 0.0752. The molecule has 0 bridgehead atoms. The van der Waals surface area contributed by atoms with Crippen molar-refractivity contribution in [2.75, 3.05) is 13.1 Å². The van der Waals surface area contributed by atoms with Crippen LogP contribution in [0.2, 0.25) is 0 Å². The topological polar surface area (TPSA) is 120 Å². The molecule has 1 fully saturated rings. The Morgan fingerprint density at radius 2 is 1.79 bits per heavy atom. The fourth-order valence-electron chi connectivity index (χ4n) is 2.79. The molecule has 1 aromatic carbocycles. The van der Waals surface area contributed by atoms with Gasteiger partial charge in [0.1, 0.15) is 0 Å². The van der Waals surface area contributed by atoms with E-state index in [1.54, 1.807) is 4.90 Å². The first-order valence-electron chi connectivity index (χ1n) is 7.08. The molecule has 0 spiro atoms. The number of likely N-dealkylation sites (tertiary alicyclic amines) is 1. The Bertz CT molecular complexity index is 822. The Morgan fingerprint density at radius 1 is 1.12 bits per heavy atom. The van der Waals surface area contributed by atoms with Gasteiger partial charge in [0.05, 0.1) is 0 Å².